The van der Waals surface area contributed by atoms with Gasteiger partial charge in [0.2, 0.25) is 0 Å². The zero-order valence-electron chi connectivity index (χ0n) is 10.4. The van der Waals surface area contributed by atoms with Crippen molar-refractivity contribution < 1.29 is 27.1 Å². The van der Waals surface area contributed by atoms with Crippen molar-refractivity contribution in [2.45, 2.75) is 24.7 Å². The molecule has 0 aromatic heterocycles. The largest absolute Gasteiger partial charge is 0.401 e. The second-order valence-corrected chi connectivity index (χ2v) is 4.39. The number of hydrogen-bond acceptors (Lipinski definition) is 3. The Morgan fingerprint density at radius 1 is 1.15 bits per heavy atom. The average Bonchev–Trinajstić information content (AvgIpc) is 2.31. The van der Waals surface area contributed by atoms with Gasteiger partial charge in [-0.15, -0.1) is 0 Å². The maximum absolute atomic E-state index is 13.0. The lowest BCUT2D eigenvalue weighted by atomic mass is 10.0. The van der Waals surface area contributed by atoms with Gasteiger partial charge in [-0.25, -0.2) is 8.78 Å². The third-order valence-corrected chi connectivity index (χ3v) is 2.65. The lowest BCUT2D eigenvalue weighted by Gasteiger charge is -2.24. The summed E-state index contributed by atoms with van der Waals surface area (Å²) in [5, 5.41) is 11.7. The molecule has 0 aliphatic rings. The summed E-state index contributed by atoms with van der Waals surface area (Å²) in [6, 6.07) is 1.59. The number of nitrogens with two attached hydrogens (primary N) is 1. The van der Waals surface area contributed by atoms with Gasteiger partial charge in [0.05, 0.1) is 12.6 Å². The summed E-state index contributed by atoms with van der Waals surface area (Å²) in [4.78, 5) is 0. The molecule has 0 amide bonds. The highest BCUT2D eigenvalue weighted by Gasteiger charge is 2.30. The number of alkyl halides is 3. The topological polar surface area (TPSA) is 58.3 Å². The zero-order valence-corrected chi connectivity index (χ0v) is 10.4. The minimum atomic E-state index is -4.46. The first-order valence-corrected chi connectivity index (χ1v) is 5.84. The Morgan fingerprint density at radius 2 is 1.70 bits per heavy atom. The Bertz CT molecular complexity index is 418. The third-order valence-electron chi connectivity index (χ3n) is 2.65. The first-order chi connectivity index (χ1) is 9.21. The van der Waals surface area contributed by atoms with Crippen LogP contribution in [0.1, 0.15) is 5.56 Å². The predicted octanol–water partition coefficient (Wildman–Crippen LogP) is 1.35. The van der Waals surface area contributed by atoms with Crippen molar-refractivity contribution in [3.8, 4) is 0 Å². The molecular formula is C12H15F5N2O. The first-order valence-electron chi connectivity index (χ1n) is 5.84. The van der Waals surface area contributed by atoms with Crippen molar-refractivity contribution >= 4 is 0 Å². The van der Waals surface area contributed by atoms with Crippen LogP contribution in [0.4, 0.5) is 22.0 Å². The Morgan fingerprint density at radius 3 is 2.15 bits per heavy atom. The number of aliphatic hydroxyl groups is 1. The first kappa shape index (κ1) is 16.8. The van der Waals surface area contributed by atoms with Crippen molar-refractivity contribution in [1.29, 1.82) is 0 Å². The molecule has 2 atom stereocenters. The van der Waals surface area contributed by atoms with E-state index < -0.39 is 36.5 Å². The molecule has 4 N–H and O–H groups in total. The molecule has 0 saturated heterocycles. The molecule has 0 aliphatic heterocycles. The highest BCUT2D eigenvalue weighted by Crippen LogP contribution is 2.15. The van der Waals surface area contributed by atoms with Crippen molar-refractivity contribution in [1.82, 2.24) is 5.32 Å². The molecule has 20 heavy (non-hydrogen) atoms. The number of aliphatic hydroxyl groups excluding tert-OH is 1. The SMILES string of the molecule is NCC(O)[C@H](Cc1cc(F)cc(F)c1)NCC(F)(F)F. The van der Waals surface area contributed by atoms with Crippen LogP contribution in [0.25, 0.3) is 0 Å². The molecule has 114 valence electrons. The molecule has 1 unspecified atom stereocenters. The minimum absolute atomic E-state index is 0.134. The summed E-state index contributed by atoms with van der Waals surface area (Å²) in [6.07, 6.45) is -5.90. The number of nitrogens with one attached hydrogen (secondary N) is 1. The van der Waals surface area contributed by atoms with Crippen LogP contribution >= 0.6 is 0 Å². The quantitative estimate of drug-likeness (QED) is 0.695. The molecule has 0 aliphatic carbocycles. The average molecular weight is 298 g/mol. The van der Waals surface area contributed by atoms with Gasteiger partial charge in [0.15, 0.2) is 0 Å². The summed E-state index contributed by atoms with van der Waals surface area (Å²) in [5.74, 6) is -1.67. The van der Waals surface area contributed by atoms with E-state index in [0.29, 0.717) is 6.07 Å². The van der Waals surface area contributed by atoms with Crippen LogP contribution in [0, 0.1) is 11.6 Å². The van der Waals surface area contributed by atoms with E-state index in [1.165, 1.54) is 0 Å². The van der Waals surface area contributed by atoms with Crippen LogP contribution in [0.5, 0.6) is 0 Å². The fraction of sp³-hybridized carbons (Fsp3) is 0.500. The van der Waals surface area contributed by atoms with E-state index in [1.807, 2.05) is 0 Å². The van der Waals surface area contributed by atoms with Gasteiger partial charge in [0.25, 0.3) is 0 Å². The Labute approximate surface area is 112 Å². The van der Waals surface area contributed by atoms with E-state index in [-0.39, 0.29) is 18.5 Å². The minimum Gasteiger partial charge on any atom is -0.390 e. The van der Waals surface area contributed by atoms with Gasteiger partial charge in [-0.3, -0.25) is 0 Å². The van der Waals surface area contributed by atoms with Gasteiger partial charge in [0.1, 0.15) is 11.6 Å². The molecule has 1 aromatic carbocycles. The van der Waals surface area contributed by atoms with Crippen LogP contribution in [0.2, 0.25) is 0 Å². The van der Waals surface area contributed by atoms with Gasteiger partial charge in [-0.1, -0.05) is 0 Å². The van der Waals surface area contributed by atoms with E-state index in [9.17, 15) is 27.1 Å². The molecule has 0 bridgehead atoms. The van der Waals surface area contributed by atoms with Gasteiger partial charge in [0, 0.05) is 18.7 Å². The molecule has 0 saturated carbocycles. The van der Waals surface area contributed by atoms with E-state index in [1.54, 1.807) is 0 Å². The summed E-state index contributed by atoms with van der Waals surface area (Å²) < 4.78 is 62.5. The number of halogens is 5. The van der Waals surface area contributed by atoms with Crippen molar-refractivity contribution in [3.63, 3.8) is 0 Å². The lowest BCUT2D eigenvalue weighted by Crippen LogP contribution is -2.48. The monoisotopic (exact) mass is 298 g/mol. The third kappa shape index (κ3) is 5.81. The second-order valence-electron chi connectivity index (χ2n) is 4.39. The number of benzene rings is 1. The van der Waals surface area contributed by atoms with Crippen molar-refractivity contribution in [2.75, 3.05) is 13.1 Å². The van der Waals surface area contributed by atoms with Gasteiger partial charge >= 0.3 is 6.18 Å². The van der Waals surface area contributed by atoms with Gasteiger partial charge in [-0.2, -0.15) is 13.2 Å². The molecule has 0 spiro atoms. The summed E-state index contributed by atoms with van der Waals surface area (Å²) in [7, 11) is 0. The highest BCUT2D eigenvalue weighted by atomic mass is 19.4. The van der Waals surface area contributed by atoms with Crippen LogP contribution in [-0.4, -0.2) is 36.5 Å². The van der Waals surface area contributed by atoms with Crippen LogP contribution in [-0.2, 0) is 6.42 Å². The molecular weight excluding hydrogens is 283 g/mol. The van der Waals surface area contributed by atoms with E-state index in [2.05, 4.69) is 5.32 Å². The second kappa shape index (κ2) is 6.96. The lowest BCUT2D eigenvalue weighted by molar-refractivity contribution is -0.127. The number of hydrogen-bond donors (Lipinski definition) is 3. The summed E-state index contributed by atoms with van der Waals surface area (Å²) in [5.41, 5.74) is 5.34. The Balaban J connectivity index is 2.78. The molecule has 0 fully saturated rings. The van der Waals surface area contributed by atoms with Crippen LogP contribution < -0.4 is 11.1 Å². The fourth-order valence-electron chi connectivity index (χ4n) is 1.74. The van der Waals surface area contributed by atoms with Crippen LogP contribution in [0.15, 0.2) is 18.2 Å². The highest BCUT2D eigenvalue weighted by molar-refractivity contribution is 5.19. The van der Waals surface area contributed by atoms with Gasteiger partial charge < -0.3 is 16.2 Å². The van der Waals surface area contributed by atoms with Crippen molar-refractivity contribution in [3.05, 3.63) is 35.4 Å². The van der Waals surface area contributed by atoms with E-state index in [0.717, 1.165) is 12.1 Å². The molecule has 8 heteroatoms. The van der Waals surface area contributed by atoms with E-state index >= 15 is 0 Å². The zero-order chi connectivity index (χ0) is 15.3. The predicted molar refractivity (Wildman–Crippen MR) is 63.0 cm³/mol. The smallest absolute Gasteiger partial charge is 0.390 e. The van der Waals surface area contributed by atoms with Crippen molar-refractivity contribution in [2.24, 2.45) is 5.73 Å². The molecule has 0 radical (unpaired) electrons. The molecule has 1 rings (SSSR count). The molecule has 3 nitrogen and oxygen atoms in total. The standard InChI is InChI=1S/C12H15F5N2O/c13-8-1-7(2-9(14)4-8)3-10(11(20)5-18)19-6-12(15,16)17/h1-2,4,10-11,19-20H,3,5-6,18H2/t10-,11?/m0/s1. The maximum atomic E-state index is 13.0. The maximum Gasteiger partial charge on any atom is 0.401 e. The molecule has 0 heterocycles. The number of rotatable bonds is 6. The van der Waals surface area contributed by atoms with Gasteiger partial charge in [-0.05, 0) is 24.1 Å². The Kier molecular flexibility index (Phi) is 5.85. The normalized spacial score (nSPS) is 15.2. The summed E-state index contributed by atoms with van der Waals surface area (Å²) >= 11 is 0. The fourth-order valence-corrected chi connectivity index (χ4v) is 1.74. The van der Waals surface area contributed by atoms with E-state index in [4.69, 9.17) is 5.73 Å². The van der Waals surface area contributed by atoms with Crippen LogP contribution in [0.3, 0.4) is 0 Å². The molecule has 1 aromatic rings. The Hall–Kier alpha value is -1.25. The summed E-state index contributed by atoms with van der Waals surface area (Å²) in [6.45, 7) is -1.60.